The predicted octanol–water partition coefficient (Wildman–Crippen LogP) is 5.26. The topological polar surface area (TPSA) is 17.1 Å². The van der Waals surface area contributed by atoms with Crippen LogP contribution in [0.5, 0.6) is 0 Å². The van der Waals surface area contributed by atoms with Gasteiger partial charge < -0.3 is 0 Å². The second-order valence-corrected chi connectivity index (χ2v) is 6.13. The van der Waals surface area contributed by atoms with Crippen LogP contribution in [0, 0.1) is 0 Å². The fraction of sp³-hybridized carbons (Fsp3) is 0.267. The monoisotopic (exact) mass is 322 g/mol. The van der Waals surface area contributed by atoms with Crippen LogP contribution in [0.1, 0.15) is 47.0 Å². The molecule has 18 heavy (non-hydrogen) atoms. The molecule has 1 atom stereocenters. The maximum Gasteiger partial charge on any atom is 0.204 e. The van der Waals surface area contributed by atoms with Crippen molar-refractivity contribution in [3.05, 3.63) is 56.2 Å². The van der Waals surface area contributed by atoms with Gasteiger partial charge in [-0.3, -0.25) is 4.79 Å². The van der Waals surface area contributed by atoms with Crippen LogP contribution < -0.4 is 0 Å². The molecule has 0 saturated carbocycles. The Morgan fingerprint density at radius 1 is 1.28 bits per heavy atom. The van der Waals surface area contributed by atoms with E-state index in [1.165, 1.54) is 16.9 Å². The summed E-state index contributed by atoms with van der Waals surface area (Å²) in [7, 11) is 0. The van der Waals surface area contributed by atoms with E-state index in [4.69, 9.17) is 0 Å². The lowest BCUT2D eigenvalue weighted by atomic mass is 9.97. The third kappa shape index (κ3) is 2.73. The van der Waals surface area contributed by atoms with E-state index in [9.17, 15) is 4.79 Å². The zero-order valence-corrected chi connectivity index (χ0v) is 12.8. The van der Waals surface area contributed by atoms with Gasteiger partial charge in [-0.15, -0.1) is 11.3 Å². The van der Waals surface area contributed by atoms with Crippen LogP contribution in [0.15, 0.2) is 40.2 Å². The number of thiophene rings is 1. The molecule has 3 heteroatoms. The number of hydrogen-bond donors (Lipinski definition) is 0. The molecule has 2 aromatic rings. The van der Waals surface area contributed by atoms with Gasteiger partial charge in [0.2, 0.25) is 5.78 Å². The van der Waals surface area contributed by atoms with Crippen molar-refractivity contribution in [2.75, 3.05) is 0 Å². The van der Waals surface area contributed by atoms with E-state index in [-0.39, 0.29) is 5.78 Å². The average molecular weight is 323 g/mol. The Morgan fingerprint density at radius 3 is 2.44 bits per heavy atom. The minimum Gasteiger partial charge on any atom is -0.288 e. The Hall–Kier alpha value is -0.930. The van der Waals surface area contributed by atoms with Crippen molar-refractivity contribution in [3.8, 4) is 0 Å². The van der Waals surface area contributed by atoms with Crippen molar-refractivity contribution in [2.45, 2.75) is 26.2 Å². The second-order valence-electron chi connectivity index (χ2n) is 4.36. The van der Waals surface area contributed by atoms with Crippen molar-refractivity contribution in [1.29, 1.82) is 0 Å². The standard InChI is InChI=1S/C15H15BrOS/c1-3-10(2)11-4-6-12(7-5-11)14(17)15-13(16)8-9-18-15/h4-10H,3H2,1-2H3. The third-order valence-electron chi connectivity index (χ3n) is 3.18. The van der Waals surface area contributed by atoms with Crippen LogP contribution in [0.4, 0.5) is 0 Å². The highest BCUT2D eigenvalue weighted by Crippen LogP contribution is 2.26. The number of hydrogen-bond acceptors (Lipinski definition) is 2. The Morgan fingerprint density at radius 2 is 1.94 bits per heavy atom. The molecule has 0 amide bonds. The van der Waals surface area contributed by atoms with E-state index in [1.54, 1.807) is 0 Å². The molecule has 2 rings (SSSR count). The van der Waals surface area contributed by atoms with Gasteiger partial charge in [-0.1, -0.05) is 38.1 Å². The maximum absolute atomic E-state index is 12.3. The normalized spacial score (nSPS) is 12.4. The van der Waals surface area contributed by atoms with E-state index in [0.717, 1.165) is 21.3 Å². The third-order valence-corrected chi connectivity index (χ3v) is 5.01. The van der Waals surface area contributed by atoms with E-state index >= 15 is 0 Å². The molecule has 1 unspecified atom stereocenters. The first kappa shape index (κ1) is 13.5. The minimum atomic E-state index is 0.0903. The van der Waals surface area contributed by atoms with Gasteiger partial charge in [0.15, 0.2) is 0 Å². The first-order chi connectivity index (χ1) is 8.63. The van der Waals surface area contributed by atoms with Gasteiger partial charge in [0.05, 0.1) is 4.88 Å². The summed E-state index contributed by atoms with van der Waals surface area (Å²) in [5.41, 5.74) is 2.05. The van der Waals surface area contributed by atoms with Crippen molar-refractivity contribution in [3.63, 3.8) is 0 Å². The van der Waals surface area contributed by atoms with Gasteiger partial charge in [-0.25, -0.2) is 0 Å². The van der Waals surface area contributed by atoms with Crippen molar-refractivity contribution < 1.29 is 4.79 Å². The molecule has 0 spiro atoms. The summed E-state index contributed by atoms with van der Waals surface area (Å²) in [4.78, 5) is 13.0. The Kier molecular flexibility index (Phi) is 4.36. The zero-order valence-electron chi connectivity index (χ0n) is 10.4. The predicted molar refractivity (Wildman–Crippen MR) is 80.6 cm³/mol. The lowest BCUT2D eigenvalue weighted by Gasteiger charge is -2.09. The number of halogens is 1. The molecule has 1 nitrogen and oxygen atoms in total. The molecule has 0 fully saturated rings. The van der Waals surface area contributed by atoms with Gasteiger partial charge in [0, 0.05) is 10.0 Å². The van der Waals surface area contributed by atoms with Crippen LogP contribution in [-0.2, 0) is 0 Å². The van der Waals surface area contributed by atoms with E-state index in [0.29, 0.717) is 5.92 Å². The van der Waals surface area contributed by atoms with Gasteiger partial charge in [-0.2, -0.15) is 0 Å². The lowest BCUT2D eigenvalue weighted by molar-refractivity contribution is 0.104. The SMILES string of the molecule is CCC(C)c1ccc(C(=O)c2sccc2Br)cc1. The first-order valence-electron chi connectivity index (χ1n) is 6.01. The number of ketones is 1. The molecule has 0 aliphatic heterocycles. The Labute approximate surface area is 120 Å². The highest BCUT2D eigenvalue weighted by Gasteiger charge is 2.14. The largest absolute Gasteiger partial charge is 0.288 e. The van der Waals surface area contributed by atoms with Crippen molar-refractivity contribution in [2.24, 2.45) is 0 Å². The fourth-order valence-corrected chi connectivity index (χ4v) is 3.30. The Balaban J connectivity index is 2.25. The van der Waals surface area contributed by atoms with Gasteiger partial charge in [-0.05, 0) is 45.3 Å². The van der Waals surface area contributed by atoms with Crippen LogP contribution >= 0.6 is 27.3 Å². The van der Waals surface area contributed by atoms with Crippen LogP contribution in [0.2, 0.25) is 0 Å². The van der Waals surface area contributed by atoms with Crippen LogP contribution in [0.3, 0.4) is 0 Å². The molecule has 1 aromatic heterocycles. The van der Waals surface area contributed by atoms with Crippen LogP contribution in [-0.4, -0.2) is 5.78 Å². The molecule has 0 bridgehead atoms. The molecule has 0 saturated heterocycles. The number of benzene rings is 1. The summed E-state index contributed by atoms with van der Waals surface area (Å²) in [5, 5.41) is 1.92. The van der Waals surface area contributed by atoms with Gasteiger partial charge >= 0.3 is 0 Å². The molecule has 0 N–H and O–H groups in total. The fourth-order valence-electron chi connectivity index (χ4n) is 1.79. The summed E-state index contributed by atoms with van der Waals surface area (Å²) in [6.45, 7) is 4.37. The zero-order chi connectivity index (χ0) is 13.1. The smallest absolute Gasteiger partial charge is 0.204 e. The molecule has 0 aliphatic rings. The summed E-state index contributed by atoms with van der Waals surface area (Å²) in [5.74, 6) is 0.634. The summed E-state index contributed by atoms with van der Waals surface area (Å²) < 4.78 is 0.878. The maximum atomic E-state index is 12.3. The molecule has 94 valence electrons. The molecule has 1 heterocycles. The quantitative estimate of drug-likeness (QED) is 0.702. The second kappa shape index (κ2) is 5.81. The first-order valence-corrected chi connectivity index (χ1v) is 7.68. The molecular weight excluding hydrogens is 308 g/mol. The average Bonchev–Trinajstić information content (AvgIpc) is 2.83. The van der Waals surface area contributed by atoms with Gasteiger partial charge in [0.25, 0.3) is 0 Å². The lowest BCUT2D eigenvalue weighted by Crippen LogP contribution is -2.00. The van der Waals surface area contributed by atoms with Gasteiger partial charge in [0.1, 0.15) is 0 Å². The van der Waals surface area contributed by atoms with E-state index in [2.05, 4.69) is 41.9 Å². The summed E-state index contributed by atoms with van der Waals surface area (Å²) in [6.07, 6.45) is 1.11. The molecule has 1 aromatic carbocycles. The van der Waals surface area contributed by atoms with Crippen molar-refractivity contribution in [1.82, 2.24) is 0 Å². The van der Waals surface area contributed by atoms with Crippen molar-refractivity contribution >= 4 is 33.0 Å². The number of carbonyl (C=O) groups is 1. The minimum absolute atomic E-state index is 0.0903. The molecule has 0 radical (unpaired) electrons. The highest BCUT2D eigenvalue weighted by molar-refractivity contribution is 9.10. The summed E-state index contributed by atoms with van der Waals surface area (Å²) >= 11 is 4.87. The summed E-state index contributed by atoms with van der Waals surface area (Å²) in [6, 6.07) is 9.88. The highest BCUT2D eigenvalue weighted by atomic mass is 79.9. The van der Waals surface area contributed by atoms with E-state index in [1.807, 2.05) is 23.6 Å². The van der Waals surface area contributed by atoms with E-state index < -0.39 is 0 Å². The molecule has 0 aliphatic carbocycles. The van der Waals surface area contributed by atoms with Crippen LogP contribution in [0.25, 0.3) is 0 Å². The number of carbonyl (C=O) groups excluding carboxylic acids is 1. The molecular formula is C15H15BrOS. The number of rotatable bonds is 4. The Bertz CT molecular complexity index is 542.